The second kappa shape index (κ2) is 7.88. The lowest BCUT2D eigenvalue weighted by Gasteiger charge is -2.23. The molecule has 8 heteroatoms. The van der Waals surface area contributed by atoms with Gasteiger partial charge in [-0.1, -0.05) is 11.8 Å². The van der Waals surface area contributed by atoms with Gasteiger partial charge in [0.25, 0.3) is 5.24 Å². The second-order valence-electron chi connectivity index (χ2n) is 3.93. The zero-order chi connectivity index (χ0) is 15.1. The molecule has 0 saturated carbocycles. The minimum Gasteiger partial charge on any atom is -0.466 e. The van der Waals surface area contributed by atoms with E-state index in [1.165, 1.54) is 0 Å². The number of carbonyl (C=O) groups excluding carboxylic acids is 4. The predicted octanol–water partition coefficient (Wildman–Crippen LogP) is 0.957. The minimum absolute atomic E-state index is 0.00808. The van der Waals surface area contributed by atoms with Crippen molar-refractivity contribution in [3.63, 3.8) is 0 Å². The Balaban J connectivity index is 2.75. The van der Waals surface area contributed by atoms with Gasteiger partial charge < -0.3 is 9.47 Å². The molecule has 0 spiro atoms. The van der Waals surface area contributed by atoms with Crippen LogP contribution in [0.4, 0.5) is 4.79 Å². The lowest BCUT2D eigenvalue weighted by Crippen LogP contribution is -2.45. The Bertz CT molecular complexity index is 395. The third kappa shape index (κ3) is 4.22. The van der Waals surface area contributed by atoms with E-state index in [4.69, 9.17) is 9.47 Å². The van der Waals surface area contributed by atoms with Crippen LogP contribution in [-0.2, 0) is 23.9 Å². The van der Waals surface area contributed by atoms with Gasteiger partial charge in [0.2, 0.25) is 5.91 Å². The van der Waals surface area contributed by atoms with Crippen molar-refractivity contribution in [2.75, 3.05) is 19.0 Å². The highest BCUT2D eigenvalue weighted by Crippen LogP contribution is 2.24. The van der Waals surface area contributed by atoms with Gasteiger partial charge in [-0.05, 0) is 20.3 Å². The molecule has 20 heavy (non-hydrogen) atoms. The topological polar surface area (TPSA) is 90.0 Å². The highest BCUT2D eigenvalue weighted by molar-refractivity contribution is 8.14. The first-order valence-corrected chi connectivity index (χ1v) is 7.30. The molecule has 1 saturated heterocycles. The van der Waals surface area contributed by atoms with Crippen molar-refractivity contribution in [3.8, 4) is 0 Å². The number of esters is 2. The van der Waals surface area contributed by atoms with E-state index in [2.05, 4.69) is 0 Å². The number of hydrogen-bond donors (Lipinski definition) is 0. The molecule has 1 aliphatic heterocycles. The fourth-order valence-corrected chi connectivity index (χ4v) is 2.50. The highest BCUT2D eigenvalue weighted by atomic mass is 32.2. The first-order chi connectivity index (χ1) is 9.51. The zero-order valence-electron chi connectivity index (χ0n) is 11.4. The van der Waals surface area contributed by atoms with Crippen LogP contribution in [0.2, 0.25) is 0 Å². The van der Waals surface area contributed by atoms with Gasteiger partial charge in [-0.3, -0.25) is 19.3 Å². The average molecular weight is 303 g/mol. The Morgan fingerprint density at radius 3 is 2.40 bits per heavy atom. The quantitative estimate of drug-likeness (QED) is 0.647. The molecular formula is C12H17NO6S. The van der Waals surface area contributed by atoms with Gasteiger partial charge in [-0.15, -0.1) is 0 Å². The van der Waals surface area contributed by atoms with Crippen molar-refractivity contribution in [1.29, 1.82) is 0 Å². The van der Waals surface area contributed by atoms with Crippen molar-refractivity contribution in [1.82, 2.24) is 4.90 Å². The Kier molecular flexibility index (Phi) is 6.50. The Morgan fingerprint density at radius 1 is 1.25 bits per heavy atom. The molecule has 1 aliphatic rings. The molecule has 0 aromatic carbocycles. The molecule has 7 nitrogen and oxygen atoms in total. The molecule has 1 rings (SSSR count). The molecule has 1 fully saturated rings. The molecule has 0 bridgehead atoms. The van der Waals surface area contributed by atoms with Gasteiger partial charge in [0.15, 0.2) is 0 Å². The minimum atomic E-state index is -1.06. The molecule has 112 valence electrons. The van der Waals surface area contributed by atoms with Crippen LogP contribution in [0.3, 0.4) is 0 Å². The van der Waals surface area contributed by atoms with Gasteiger partial charge in [0, 0.05) is 6.42 Å². The first-order valence-electron chi connectivity index (χ1n) is 6.32. The van der Waals surface area contributed by atoms with Crippen LogP contribution < -0.4 is 0 Å². The van der Waals surface area contributed by atoms with Gasteiger partial charge in [-0.2, -0.15) is 0 Å². The average Bonchev–Trinajstić information content (AvgIpc) is 2.71. The summed E-state index contributed by atoms with van der Waals surface area (Å²) in [5.41, 5.74) is 0. The van der Waals surface area contributed by atoms with E-state index in [0.29, 0.717) is 0 Å². The summed E-state index contributed by atoms with van der Waals surface area (Å²) in [6, 6.07) is -1.06. The summed E-state index contributed by atoms with van der Waals surface area (Å²) in [6.07, 6.45) is -0.0469. The molecule has 0 aliphatic carbocycles. The Morgan fingerprint density at radius 2 is 1.90 bits per heavy atom. The maximum atomic E-state index is 11.9. The van der Waals surface area contributed by atoms with E-state index in [1.807, 2.05) is 0 Å². The summed E-state index contributed by atoms with van der Waals surface area (Å²) >= 11 is 0.835. The van der Waals surface area contributed by atoms with Gasteiger partial charge in [0.05, 0.1) is 19.0 Å². The van der Waals surface area contributed by atoms with E-state index < -0.39 is 29.1 Å². The number of ether oxygens (including phenoxy) is 2. The Hall–Kier alpha value is -1.57. The summed E-state index contributed by atoms with van der Waals surface area (Å²) in [4.78, 5) is 47.4. The van der Waals surface area contributed by atoms with Crippen LogP contribution in [0.25, 0.3) is 0 Å². The Labute approximate surface area is 121 Å². The van der Waals surface area contributed by atoms with E-state index >= 15 is 0 Å². The standard InChI is InChI=1S/C12H17NO6S/c1-3-18-10(15)6-5-8(11(16)19-4-2)13-9(14)7-20-12(13)17/h8H,3-7H2,1-2H3. The molecule has 0 radical (unpaired) electrons. The summed E-state index contributed by atoms with van der Waals surface area (Å²) < 4.78 is 9.62. The van der Waals surface area contributed by atoms with Crippen molar-refractivity contribution in [2.45, 2.75) is 32.7 Å². The number of carbonyl (C=O) groups is 4. The van der Waals surface area contributed by atoms with Gasteiger partial charge in [0.1, 0.15) is 6.04 Å². The van der Waals surface area contributed by atoms with Gasteiger partial charge in [-0.25, -0.2) is 4.79 Å². The normalized spacial score (nSPS) is 16.2. The molecule has 0 N–H and O–H groups in total. The van der Waals surface area contributed by atoms with Crippen molar-refractivity contribution >= 4 is 34.8 Å². The molecule has 1 unspecified atom stereocenters. The van der Waals surface area contributed by atoms with Crippen LogP contribution >= 0.6 is 11.8 Å². The zero-order valence-corrected chi connectivity index (χ0v) is 12.2. The highest BCUT2D eigenvalue weighted by Gasteiger charge is 2.40. The number of hydrogen-bond acceptors (Lipinski definition) is 7. The van der Waals surface area contributed by atoms with Crippen LogP contribution in [0, 0.1) is 0 Å². The fraction of sp³-hybridized carbons (Fsp3) is 0.667. The maximum Gasteiger partial charge on any atom is 0.329 e. The summed E-state index contributed by atoms with van der Waals surface area (Å²) in [5.74, 6) is -1.59. The van der Waals surface area contributed by atoms with Crippen LogP contribution in [0.15, 0.2) is 0 Å². The number of nitrogens with zero attached hydrogens (tertiary/aromatic N) is 1. The van der Waals surface area contributed by atoms with Crippen LogP contribution in [0.5, 0.6) is 0 Å². The number of amides is 2. The SMILES string of the molecule is CCOC(=O)CCC(C(=O)OCC)N1C(=O)CSC1=O. The van der Waals surface area contributed by atoms with Crippen molar-refractivity contribution in [2.24, 2.45) is 0 Å². The number of thioether (sulfide) groups is 1. The van der Waals surface area contributed by atoms with E-state index in [-0.39, 0.29) is 31.8 Å². The summed E-state index contributed by atoms with van der Waals surface area (Å²) in [7, 11) is 0. The lowest BCUT2D eigenvalue weighted by atomic mass is 10.1. The fourth-order valence-electron chi connectivity index (χ4n) is 1.74. The van der Waals surface area contributed by atoms with Crippen molar-refractivity contribution < 1.29 is 28.7 Å². The van der Waals surface area contributed by atoms with E-state index in [0.717, 1.165) is 16.7 Å². The predicted molar refractivity (Wildman–Crippen MR) is 71.0 cm³/mol. The van der Waals surface area contributed by atoms with Gasteiger partial charge >= 0.3 is 11.9 Å². The van der Waals surface area contributed by atoms with E-state index in [1.54, 1.807) is 13.8 Å². The van der Waals surface area contributed by atoms with Crippen LogP contribution in [-0.4, -0.2) is 53.0 Å². The monoisotopic (exact) mass is 303 g/mol. The molecule has 1 heterocycles. The third-order valence-electron chi connectivity index (χ3n) is 2.58. The molecule has 0 aromatic heterocycles. The lowest BCUT2D eigenvalue weighted by molar-refractivity contribution is -0.152. The smallest absolute Gasteiger partial charge is 0.329 e. The summed E-state index contributed by atoms with van der Waals surface area (Å²) in [6.45, 7) is 3.67. The second-order valence-corrected chi connectivity index (χ2v) is 4.86. The maximum absolute atomic E-state index is 11.9. The first kappa shape index (κ1) is 16.5. The molecule has 1 atom stereocenters. The van der Waals surface area contributed by atoms with Crippen molar-refractivity contribution in [3.05, 3.63) is 0 Å². The molecular weight excluding hydrogens is 286 g/mol. The van der Waals surface area contributed by atoms with E-state index in [9.17, 15) is 19.2 Å². The number of imide groups is 1. The van der Waals surface area contributed by atoms with Crippen LogP contribution in [0.1, 0.15) is 26.7 Å². The largest absolute Gasteiger partial charge is 0.466 e. The molecule has 2 amide bonds. The third-order valence-corrected chi connectivity index (χ3v) is 3.42. The molecule has 0 aromatic rings. The summed E-state index contributed by atoms with van der Waals surface area (Å²) in [5, 5.41) is -0.489. The number of rotatable bonds is 7.